The van der Waals surface area contributed by atoms with Gasteiger partial charge in [0, 0.05) is 12.1 Å². The van der Waals surface area contributed by atoms with E-state index in [2.05, 4.69) is 0 Å². The van der Waals surface area contributed by atoms with E-state index in [-0.39, 0.29) is 11.3 Å². The van der Waals surface area contributed by atoms with Crippen molar-refractivity contribution in [2.75, 3.05) is 26.4 Å². The molecule has 0 radical (unpaired) electrons. The number of Topliss-reactive ketones (excluding diaryl/α,β-unsaturated/α-hetero) is 1. The van der Waals surface area contributed by atoms with Crippen molar-refractivity contribution in [3.8, 4) is 17.2 Å². The molecule has 1 atom stereocenters. The van der Waals surface area contributed by atoms with Crippen LogP contribution in [0.2, 0.25) is 0 Å². The maximum absolute atomic E-state index is 13.3. The van der Waals surface area contributed by atoms with Gasteiger partial charge in [0.15, 0.2) is 11.5 Å². The fourth-order valence-corrected chi connectivity index (χ4v) is 4.64. The molecule has 1 saturated heterocycles. The van der Waals surface area contributed by atoms with Crippen LogP contribution in [0, 0.1) is 0 Å². The van der Waals surface area contributed by atoms with E-state index in [1.165, 1.54) is 4.90 Å². The zero-order valence-electron chi connectivity index (χ0n) is 20.0. The van der Waals surface area contributed by atoms with Crippen LogP contribution < -0.4 is 14.2 Å². The maximum Gasteiger partial charge on any atom is 0.295 e. The molecule has 36 heavy (non-hydrogen) atoms. The van der Waals surface area contributed by atoms with Crippen LogP contribution in [-0.4, -0.2) is 48.1 Å². The van der Waals surface area contributed by atoms with Crippen LogP contribution in [0.15, 0.2) is 78.4 Å². The third-order valence-electron chi connectivity index (χ3n) is 6.32. The van der Waals surface area contributed by atoms with Crippen LogP contribution in [0.1, 0.15) is 29.7 Å². The average molecular weight is 486 g/mol. The van der Waals surface area contributed by atoms with Gasteiger partial charge in [-0.1, -0.05) is 42.5 Å². The number of ketones is 1. The number of fused-ring (bicyclic) bond motifs is 1. The second-order valence-electron chi connectivity index (χ2n) is 8.59. The summed E-state index contributed by atoms with van der Waals surface area (Å²) in [5.41, 5.74) is 2.16. The molecule has 2 aliphatic rings. The van der Waals surface area contributed by atoms with Crippen molar-refractivity contribution in [3.05, 3.63) is 95.1 Å². The van der Waals surface area contributed by atoms with E-state index in [9.17, 15) is 14.7 Å². The first-order chi connectivity index (χ1) is 17.6. The quantitative estimate of drug-likeness (QED) is 0.301. The summed E-state index contributed by atoms with van der Waals surface area (Å²) >= 11 is 0. The van der Waals surface area contributed by atoms with E-state index in [0.29, 0.717) is 61.2 Å². The van der Waals surface area contributed by atoms with E-state index < -0.39 is 17.7 Å². The van der Waals surface area contributed by atoms with Gasteiger partial charge in [0.2, 0.25) is 0 Å². The normalized spacial score (nSPS) is 18.4. The topological polar surface area (TPSA) is 85.3 Å². The average Bonchev–Trinajstić information content (AvgIpc) is 3.17. The number of hydrogen-bond acceptors (Lipinski definition) is 6. The fourth-order valence-electron chi connectivity index (χ4n) is 4.64. The predicted octanol–water partition coefficient (Wildman–Crippen LogP) is 4.52. The molecule has 3 aromatic rings. The number of amides is 1. The van der Waals surface area contributed by atoms with Gasteiger partial charge in [0.25, 0.3) is 11.7 Å². The van der Waals surface area contributed by atoms with Gasteiger partial charge in [0.1, 0.15) is 24.7 Å². The van der Waals surface area contributed by atoms with Gasteiger partial charge in [-0.2, -0.15) is 0 Å². The second kappa shape index (κ2) is 10.2. The molecule has 0 aliphatic carbocycles. The molecule has 0 aromatic heterocycles. The molecule has 0 spiro atoms. The lowest BCUT2D eigenvalue weighted by Gasteiger charge is -2.26. The summed E-state index contributed by atoms with van der Waals surface area (Å²) in [6, 6.07) is 21.3. The Balaban J connectivity index is 1.58. The van der Waals surface area contributed by atoms with Crippen molar-refractivity contribution in [1.82, 2.24) is 4.90 Å². The van der Waals surface area contributed by atoms with Gasteiger partial charge >= 0.3 is 0 Å². The Morgan fingerprint density at radius 1 is 0.972 bits per heavy atom. The van der Waals surface area contributed by atoms with E-state index in [1.807, 2.05) is 61.5 Å². The number of carbonyl (C=O) groups excluding carboxylic acids is 2. The largest absolute Gasteiger partial charge is 0.507 e. The molecule has 2 aliphatic heterocycles. The van der Waals surface area contributed by atoms with Gasteiger partial charge in [0.05, 0.1) is 18.2 Å². The fraction of sp³-hybridized carbons (Fsp3) is 0.241. The lowest BCUT2D eigenvalue weighted by atomic mass is 9.95. The molecule has 1 amide bonds. The van der Waals surface area contributed by atoms with Gasteiger partial charge in [-0.25, -0.2) is 0 Å². The third-order valence-corrected chi connectivity index (χ3v) is 6.32. The number of hydrogen-bond donors (Lipinski definition) is 1. The number of nitrogens with zero attached hydrogens (tertiary/aromatic N) is 1. The highest BCUT2D eigenvalue weighted by Crippen LogP contribution is 2.41. The molecular formula is C29H27NO6. The minimum atomic E-state index is -0.762. The standard InChI is InChI=1S/C29H27NO6/c1-2-34-22-10-6-9-20(17-22)26-25(27(31)21-11-12-23-24(18-21)36-16-15-35-23)28(32)29(33)30(26)14-13-19-7-4-3-5-8-19/h3-12,17-18,26,31H,2,13-16H2,1H3/b27-25+. The summed E-state index contributed by atoms with van der Waals surface area (Å²) in [6.45, 7) is 3.53. The van der Waals surface area contributed by atoms with Gasteiger partial charge < -0.3 is 24.2 Å². The molecule has 0 bridgehead atoms. The number of benzene rings is 3. The van der Waals surface area contributed by atoms with Crippen molar-refractivity contribution in [3.63, 3.8) is 0 Å². The first-order valence-corrected chi connectivity index (χ1v) is 12.0. The maximum atomic E-state index is 13.3. The molecule has 2 heterocycles. The predicted molar refractivity (Wildman–Crippen MR) is 134 cm³/mol. The number of ether oxygens (including phenoxy) is 3. The summed E-state index contributed by atoms with van der Waals surface area (Å²) < 4.78 is 16.9. The van der Waals surface area contributed by atoms with Crippen LogP contribution in [0.25, 0.3) is 5.76 Å². The summed E-state index contributed by atoms with van der Waals surface area (Å²) in [4.78, 5) is 28.1. The number of aliphatic hydroxyl groups excluding tert-OH is 1. The smallest absolute Gasteiger partial charge is 0.295 e. The Morgan fingerprint density at radius 2 is 1.75 bits per heavy atom. The molecule has 7 nitrogen and oxygen atoms in total. The van der Waals surface area contributed by atoms with Crippen molar-refractivity contribution < 1.29 is 28.9 Å². The number of carbonyl (C=O) groups is 2. The molecular weight excluding hydrogens is 458 g/mol. The lowest BCUT2D eigenvalue weighted by Crippen LogP contribution is -2.31. The van der Waals surface area contributed by atoms with Crippen molar-refractivity contribution >= 4 is 17.4 Å². The summed E-state index contributed by atoms with van der Waals surface area (Å²) in [5, 5.41) is 11.4. The first-order valence-electron chi connectivity index (χ1n) is 12.0. The zero-order valence-corrected chi connectivity index (χ0v) is 20.0. The van der Waals surface area contributed by atoms with Crippen molar-refractivity contribution in [2.24, 2.45) is 0 Å². The van der Waals surface area contributed by atoms with Gasteiger partial charge in [-0.05, 0) is 54.8 Å². The van der Waals surface area contributed by atoms with Crippen LogP contribution in [0.4, 0.5) is 0 Å². The Morgan fingerprint density at radius 3 is 2.53 bits per heavy atom. The highest BCUT2D eigenvalue weighted by molar-refractivity contribution is 6.46. The second-order valence-corrected chi connectivity index (χ2v) is 8.59. The number of likely N-dealkylation sites (tertiary alicyclic amines) is 1. The zero-order chi connectivity index (χ0) is 25.1. The first kappa shape index (κ1) is 23.5. The molecule has 0 saturated carbocycles. The van der Waals surface area contributed by atoms with E-state index in [4.69, 9.17) is 14.2 Å². The molecule has 1 unspecified atom stereocenters. The number of rotatable bonds is 7. The van der Waals surface area contributed by atoms with Crippen molar-refractivity contribution in [2.45, 2.75) is 19.4 Å². The Labute approximate surface area is 209 Å². The molecule has 3 aromatic carbocycles. The van der Waals surface area contributed by atoms with Crippen LogP contribution in [0.3, 0.4) is 0 Å². The highest BCUT2D eigenvalue weighted by Gasteiger charge is 2.46. The summed E-state index contributed by atoms with van der Waals surface area (Å²) in [5.74, 6) is 0.0713. The third kappa shape index (κ3) is 4.52. The van der Waals surface area contributed by atoms with Crippen LogP contribution in [0.5, 0.6) is 17.2 Å². The van der Waals surface area contributed by atoms with Crippen molar-refractivity contribution in [1.29, 1.82) is 0 Å². The SMILES string of the molecule is CCOc1cccc(C2/C(=C(\O)c3ccc4c(c3)OCCO4)C(=O)C(=O)N2CCc2ccccc2)c1. The molecule has 1 N–H and O–H groups in total. The summed E-state index contributed by atoms with van der Waals surface area (Å²) in [7, 11) is 0. The summed E-state index contributed by atoms with van der Waals surface area (Å²) in [6.07, 6.45) is 0.569. The molecule has 7 heteroatoms. The minimum absolute atomic E-state index is 0.0402. The van der Waals surface area contributed by atoms with Gasteiger partial charge in [-0.15, -0.1) is 0 Å². The number of aliphatic hydroxyl groups is 1. The molecule has 5 rings (SSSR count). The lowest BCUT2D eigenvalue weighted by molar-refractivity contribution is -0.139. The Hall–Kier alpha value is -4.26. The molecule has 1 fully saturated rings. The van der Waals surface area contributed by atoms with Gasteiger partial charge in [-0.3, -0.25) is 9.59 Å². The molecule has 184 valence electrons. The van der Waals surface area contributed by atoms with Crippen LogP contribution in [-0.2, 0) is 16.0 Å². The van der Waals surface area contributed by atoms with E-state index in [0.717, 1.165) is 5.56 Å². The van der Waals surface area contributed by atoms with E-state index in [1.54, 1.807) is 18.2 Å². The highest BCUT2D eigenvalue weighted by atomic mass is 16.6. The van der Waals surface area contributed by atoms with Crippen LogP contribution >= 0.6 is 0 Å². The monoisotopic (exact) mass is 485 g/mol. The van der Waals surface area contributed by atoms with E-state index >= 15 is 0 Å². The Kier molecular flexibility index (Phi) is 6.62. The Bertz CT molecular complexity index is 1320. The minimum Gasteiger partial charge on any atom is -0.507 e.